The van der Waals surface area contributed by atoms with Gasteiger partial charge in [-0.15, -0.1) is 0 Å². The van der Waals surface area contributed by atoms with E-state index in [4.69, 9.17) is 4.74 Å². The van der Waals surface area contributed by atoms with E-state index < -0.39 is 11.1 Å². The highest BCUT2D eigenvalue weighted by Crippen LogP contribution is 2.24. The molecule has 0 saturated carbocycles. The molecule has 106 valence electrons. The van der Waals surface area contributed by atoms with Gasteiger partial charge in [0.25, 0.3) is 5.91 Å². The lowest BCUT2D eigenvalue weighted by Crippen LogP contribution is -2.58. The van der Waals surface area contributed by atoms with Gasteiger partial charge in [0.1, 0.15) is 0 Å². The lowest BCUT2D eigenvalue weighted by Gasteiger charge is -2.37. The molecule has 0 fully saturated rings. The summed E-state index contributed by atoms with van der Waals surface area (Å²) >= 11 is 0. The van der Waals surface area contributed by atoms with E-state index >= 15 is 0 Å². The van der Waals surface area contributed by atoms with Gasteiger partial charge in [-0.1, -0.05) is 12.1 Å². The van der Waals surface area contributed by atoms with Crippen LogP contribution in [0.1, 0.15) is 27.7 Å². The largest absolute Gasteiger partial charge is 0.504 e. The van der Waals surface area contributed by atoms with Crippen LogP contribution in [0.2, 0.25) is 0 Å². The number of aliphatic hydroxyl groups is 1. The molecule has 0 bridgehead atoms. The van der Waals surface area contributed by atoms with Crippen molar-refractivity contribution in [2.75, 3.05) is 6.61 Å². The monoisotopic (exact) mass is 267 g/mol. The van der Waals surface area contributed by atoms with E-state index in [9.17, 15) is 15.0 Å². The van der Waals surface area contributed by atoms with Gasteiger partial charge in [-0.3, -0.25) is 4.79 Å². The highest BCUT2D eigenvalue weighted by Gasteiger charge is 2.36. The first-order valence-corrected chi connectivity index (χ1v) is 6.08. The molecule has 0 atom stereocenters. The number of rotatable bonds is 5. The second-order valence-corrected chi connectivity index (χ2v) is 5.49. The lowest BCUT2D eigenvalue weighted by molar-refractivity contribution is -0.128. The van der Waals surface area contributed by atoms with Crippen LogP contribution in [0.5, 0.6) is 11.5 Å². The number of carbonyl (C=O) groups excluding carboxylic acids is 1. The maximum atomic E-state index is 11.8. The van der Waals surface area contributed by atoms with Gasteiger partial charge < -0.3 is 20.3 Å². The van der Waals surface area contributed by atoms with Gasteiger partial charge in [0.15, 0.2) is 18.1 Å². The number of carbonyl (C=O) groups is 1. The fourth-order valence-corrected chi connectivity index (χ4v) is 1.26. The Balaban J connectivity index is 2.56. The van der Waals surface area contributed by atoms with E-state index in [-0.39, 0.29) is 24.0 Å². The molecule has 0 spiro atoms. The number of ether oxygens (including phenoxy) is 1. The van der Waals surface area contributed by atoms with Crippen LogP contribution in [-0.2, 0) is 4.79 Å². The molecule has 0 saturated heterocycles. The molecule has 0 heterocycles. The second kappa shape index (κ2) is 5.48. The first-order valence-electron chi connectivity index (χ1n) is 6.08. The van der Waals surface area contributed by atoms with Crippen molar-refractivity contribution in [2.45, 2.75) is 38.8 Å². The minimum atomic E-state index is -1.06. The van der Waals surface area contributed by atoms with Crippen LogP contribution in [0, 0.1) is 0 Å². The van der Waals surface area contributed by atoms with Crippen LogP contribution in [0.15, 0.2) is 24.3 Å². The fourth-order valence-electron chi connectivity index (χ4n) is 1.26. The summed E-state index contributed by atoms with van der Waals surface area (Å²) in [4.78, 5) is 11.8. The number of aromatic hydroxyl groups is 1. The first-order chi connectivity index (χ1) is 8.63. The topological polar surface area (TPSA) is 78.8 Å². The van der Waals surface area contributed by atoms with Crippen molar-refractivity contribution in [3.05, 3.63) is 24.3 Å². The van der Waals surface area contributed by atoms with Crippen molar-refractivity contribution in [1.29, 1.82) is 0 Å². The predicted molar refractivity (Wildman–Crippen MR) is 72.1 cm³/mol. The Morgan fingerprint density at radius 1 is 1.26 bits per heavy atom. The molecule has 1 aromatic rings. The molecule has 0 aromatic heterocycles. The molecule has 1 amide bonds. The molecule has 0 aliphatic carbocycles. The Hall–Kier alpha value is -1.75. The molecule has 1 rings (SSSR count). The molecule has 19 heavy (non-hydrogen) atoms. The summed E-state index contributed by atoms with van der Waals surface area (Å²) in [5.41, 5.74) is -1.84. The Kier molecular flexibility index (Phi) is 4.42. The Labute approximate surface area is 113 Å². The number of phenols is 1. The molecule has 0 aliphatic rings. The number of para-hydroxylation sites is 2. The van der Waals surface area contributed by atoms with Crippen LogP contribution >= 0.6 is 0 Å². The first kappa shape index (κ1) is 15.3. The summed E-state index contributed by atoms with van der Waals surface area (Å²) in [5.74, 6) is -0.133. The van der Waals surface area contributed by atoms with Crippen molar-refractivity contribution in [3.63, 3.8) is 0 Å². The van der Waals surface area contributed by atoms with E-state index in [0.717, 1.165) is 0 Å². The van der Waals surface area contributed by atoms with E-state index in [0.29, 0.717) is 0 Å². The number of benzene rings is 1. The van der Waals surface area contributed by atoms with Gasteiger partial charge in [-0.05, 0) is 39.8 Å². The highest BCUT2D eigenvalue weighted by molar-refractivity contribution is 5.78. The summed E-state index contributed by atoms with van der Waals surface area (Å²) < 4.78 is 5.21. The third kappa shape index (κ3) is 4.13. The van der Waals surface area contributed by atoms with E-state index in [1.54, 1.807) is 45.9 Å². The molecule has 3 N–H and O–H groups in total. The third-order valence-corrected chi connectivity index (χ3v) is 3.21. The second-order valence-electron chi connectivity index (χ2n) is 5.49. The standard InChI is InChI=1S/C14H21NO4/c1-13(2,14(3,4)18)15-12(17)9-19-11-8-6-5-7-10(11)16/h5-8,16,18H,9H2,1-4H3,(H,15,17). The summed E-state index contributed by atoms with van der Waals surface area (Å²) in [6.45, 7) is 6.47. The molecular weight excluding hydrogens is 246 g/mol. The van der Waals surface area contributed by atoms with Crippen LogP contribution in [0.3, 0.4) is 0 Å². The average Bonchev–Trinajstić information content (AvgIpc) is 2.26. The molecule has 0 aliphatic heterocycles. The maximum absolute atomic E-state index is 11.8. The minimum Gasteiger partial charge on any atom is -0.504 e. The molecule has 0 radical (unpaired) electrons. The molecule has 0 unspecified atom stereocenters. The average molecular weight is 267 g/mol. The van der Waals surface area contributed by atoms with Crippen molar-refractivity contribution < 1.29 is 19.7 Å². The summed E-state index contributed by atoms with van der Waals surface area (Å²) in [5, 5.41) is 22.1. The van der Waals surface area contributed by atoms with Gasteiger partial charge in [-0.2, -0.15) is 0 Å². The zero-order valence-corrected chi connectivity index (χ0v) is 11.7. The molecule has 1 aromatic carbocycles. The normalized spacial score (nSPS) is 12.1. The smallest absolute Gasteiger partial charge is 0.258 e. The summed E-state index contributed by atoms with van der Waals surface area (Å²) in [7, 11) is 0. The van der Waals surface area contributed by atoms with E-state index in [2.05, 4.69) is 5.32 Å². The van der Waals surface area contributed by atoms with E-state index in [1.165, 1.54) is 6.07 Å². The van der Waals surface area contributed by atoms with Gasteiger partial charge in [0.05, 0.1) is 11.1 Å². The van der Waals surface area contributed by atoms with E-state index in [1.807, 2.05) is 0 Å². The van der Waals surface area contributed by atoms with Crippen molar-refractivity contribution in [2.24, 2.45) is 0 Å². The van der Waals surface area contributed by atoms with Crippen LogP contribution < -0.4 is 10.1 Å². The maximum Gasteiger partial charge on any atom is 0.258 e. The number of hydrogen-bond acceptors (Lipinski definition) is 4. The Bertz CT molecular complexity index is 449. The number of nitrogens with one attached hydrogen (secondary N) is 1. The Morgan fingerprint density at radius 3 is 2.37 bits per heavy atom. The zero-order chi connectivity index (χ0) is 14.7. The number of phenolic OH excluding ortho intramolecular Hbond substituents is 1. The quantitative estimate of drug-likeness (QED) is 0.754. The van der Waals surface area contributed by atoms with Gasteiger partial charge in [0, 0.05) is 0 Å². The van der Waals surface area contributed by atoms with Crippen LogP contribution in [0.25, 0.3) is 0 Å². The lowest BCUT2D eigenvalue weighted by atomic mass is 9.86. The fraction of sp³-hybridized carbons (Fsp3) is 0.500. The number of hydrogen-bond donors (Lipinski definition) is 3. The molecule has 5 nitrogen and oxygen atoms in total. The minimum absolute atomic E-state index is 0.0166. The summed E-state index contributed by atoms with van der Waals surface area (Å²) in [6, 6.07) is 6.42. The zero-order valence-electron chi connectivity index (χ0n) is 11.7. The SMILES string of the molecule is CC(C)(O)C(C)(C)NC(=O)COc1ccccc1O. The summed E-state index contributed by atoms with van der Waals surface area (Å²) in [6.07, 6.45) is 0. The highest BCUT2D eigenvalue weighted by atomic mass is 16.5. The third-order valence-electron chi connectivity index (χ3n) is 3.21. The van der Waals surface area contributed by atoms with Crippen LogP contribution in [-0.4, -0.2) is 33.9 Å². The van der Waals surface area contributed by atoms with Crippen molar-refractivity contribution in [1.82, 2.24) is 5.32 Å². The molecular formula is C14H21NO4. The van der Waals surface area contributed by atoms with Crippen molar-refractivity contribution >= 4 is 5.91 Å². The van der Waals surface area contributed by atoms with Crippen LogP contribution in [0.4, 0.5) is 0 Å². The van der Waals surface area contributed by atoms with Crippen molar-refractivity contribution in [3.8, 4) is 11.5 Å². The van der Waals surface area contributed by atoms with Gasteiger partial charge in [0.2, 0.25) is 0 Å². The van der Waals surface area contributed by atoms with Gasteiger partial charge >= 0.3 is 0 Å². The molecule has 5 heteroatoms. The number of amides is 1. The van der Waals surface area contributed by atoms with Gasteiger partial charge in [-0.25, -0.2) is 0 Å². The predicted octanol–water partition coefficient (Wildman–Crippen LogP) is 1.44. The Morgan fingerprint density at radius 2 is 1.84 bits per heavy atom.